The molecule has 17 heavy (non-hydrogen) atoms. The Labute approximate surface area is 98.9 Å². The number of alkyl halides is 3. The minimum absolute atomic E-state index is 0.296. The molecule has 1 rings (SSSR count). The molecule has 0 N–H and O–H groups in total. The Kier molecular flexibility index (Phi) is 4.61. The summed E-state index contributed by atoms with van der Waals surface area (Å²) in [5.41, 5.74) is 0.114. The van der Waals surface area contributed by atoms with Crippen molar-refractivity contribution in [2.75, 3.05) is 7.11 Å². The van der Waals surface area contributed by atoms with Crippen molar-refractivity contribution in [1.82, 2.24) is 0 Å². The van der Waals surface area contributed by atoms with Crippen molar-refractivity contribution in [2.45, 2.75) is 25.9 Å². The van der Waals surface area contributed by atoms with Crippen LogP contribution in [0.5, 0.6) is 5.75 Å². The molecule has 0 amide bonds. The lowest BCUT2D eigenvalue weighted by molar-refractivity contribution is -0.137. The molecule has 1 aromatic carbocycles. The summed E-state index contributed by atoms with van der Waals surface area (Å²) < 4.78 is 42.4. The van der Waals surface area contributed by atoms with Crippen LogP contribution >= 0.6 is 0 Å². The minimum Gasteiger partial charge on any atom is -0.496 e. The van der Waals surface area contributed by atoms with E-state index in [1.165, 1.54) is 13.2 Å². The van der Waals surface area contributed by atoms with Gasteiger partial charge in [-0.25, -0.2) is 0 Å². The molecule has 0 spiro atoms. The van der Waals surface area contributed by atoms with E-state index in [0.29, 0.717) is 12.2 Å². The molecular formula is C13H15F3O. The molecule has 0 aliphatic carbocycles. The zero-order chi connectivity index (χ0) is 12.9. The zero-order valence-corrected chi connectivity index (χ0v) is 9.84. The maximum absolute atomic E-state index is 12.5. The van der Waals surface area contributed by atoms with Gasteiger partial charge in [0.2, 0.25) is 0 Å². The number of ether oxygens (including phenoxy) is 1. The molecule has 1 aromatic rings. The van der Waals surface area contributed by atoms with Crippen LogP contribution < -0.4 is 4.74 Å². The van der Waals surface area contributed by atoms with Crippen LogP contribution in [0.25, 0.3) is 0 Å². The third kappa shape index (κ3) is 3.80. The highest BCUT2D eigenvalue weighted by atomic mass is 19.4. The van der Waals surface area contributed by atoms with Gasteiger partial charge in [-0.05, 0) is 37.5 Å². The van der Waals surface area contributed by atoms with Crippen molar-refractivity contribution >= 4 is 0 Å². The van der Waals surface area contributed by atoms with Crippen LogP contribution in [-0.4, -0.2) is 7.11 Å². The zero-order valence-electron chi connectivity index (χ0n) is 9.84. The molecule has 0 aromatic heterocycles. The Morgan fingerprint density at radius 1 is 1.29 bits per heavy atom. The van der Waals surface area contributed by atoms with Gasteiger partial charge in [-0.3, -0.25) is 0 Å². The Balaban J connectivity index is 2.93. The van der Waals surface area contributed by atoms with E-state index in [9.17, 15) is 13.2 Å². The van der Waals surface area contributed by atoms with Crippen molar-refractivity contribution in [3.05, 3.63) is 41.5 Å². The maximum atomic E-state index is 12.5. The predicted octanol–water partition coefficient (Wildman–Crippen LogP) is 4.22. The minimum atomic E-state index is -4.32. The summed E-state index contributed by atoms with van der Waals surface area (Å²) in [6.45, 7) is 1.91. The lowest BCUT2D eigenvalue weighted by atomic mass is 10.1. The largest absolute Gasteiger partial charge is 0.496 e. The molecule has 0 aliphatic rings. The summed E-state index contributed by atoms with van der Waals surface area (Å²) in [5, 5.41) is 0. The fourth-order valence-electron chi connectivity index (χ4n) is 1.53. The van der Waals surface area contributed by atoms with Crippen molar-refractivity contribution in [2.24, 2.45) is 0 Å². The second-order valence-electron chi connectivity index (χ2n) is 3.63. The van der Waals surface area contributed by atoms with E-state index in [-0.39, 0.29) is 0 Å². The monoisotopic (exact) mass is 244 g/mol. The van der Waals surface area contributed by atoms with E-state index in [2.05, 4.69) is 0 Å². The lowest BCUT2D eigenvalue weighted by Gasteiger charge is -2.12. The van der Waals surface area contributed by atoms with E-state index in [4.69, 9.17) is 4.74 Å². The van der Waals surface area contributed by atoms with E-state index in [1.54, 1.807) is 0 Å². The summed E-state index contributed by atoms with van der Waals surface area (Å²) in [5.74, 6) is 0.296. The maximum Gasteiger partial charge on any atom is 0.416 e. The van der Waals surface area contributed by atoms with E-state index >= 15 is 0 Å². The number of methoxy groups -OCH3 is 1. The van der Waals surface area contributed by atoms with E-state index < -0.39 is 11.7 Å². The predicted molar refractivity (Wildman–Crippen MR) is 61.1 cm³/mol. The molecule has 4 heteroatoms. The number of allylic oxidation sites excluding steroid dienone is 2. The number of hydrogen-bond acceptors (Lipinski definition) is 1. The first kappa shape index (κ1) is 13.6. The Hall–Kier alpha value is -1.45. The van der Waals surface area contributed by atoms with Crippen LogP contribution in [0, 0.1) is 0 Å². The third-order valence-corrected chi connectivity index (χ3v) is 2.43. The molecule has 0 heterocycles. The highest BCUT2D eigenvalue weighted by Gasteiger charge is 2.31. The first-order chi connectivity index (χ1) is 7.99. The highest BCUT2D eigenvalue weighted by molar-refractivity contribution is 5.39. The standard InChI is InChI=1S/C13H15F3O/c1-3-4-5-6-10-7-8-11(13(14,15)16)9-12(10)17-2/h3-4,7-9H,5-6H2,1-2H3/b4-3-. The Morgan fingerprint density at radius 3 is 2.53 bits per heavy atom. The second kappa shape index (κ2) is 5.75. The highest BCUT2D eigenvalue weighted by Crippen LogP contribution is 2.33. The van der Waals surface area contributed by atoms with Crippen LogP contribution in [0.15, 0.2) is 30.4 Å². The molecule has 94 valence electrons. The van der Waals surface area contributed by atoms with Crippen molar-refractivity contribution in [3.8, 4) is 5.75 Å². The van der Waals surface area contributed by atoms with Gasteiger partial charge in [0.1, 0.15) is 5.75 Å². The first-order valence-corrected chi connectivity index (χ1v) is 5.34. The topological polar surface area (TPSA) is 9.23 Å². The van der Waals surface area contributed by atoms with Gasteiger partial charge in [0.25, 0.3) is 0 Å². The van der Waals surface area contributed by atoms with Crippen molar-refractivity contribution in [1.29, 1.82) is 0 Å². The molecule has 0 bridgehead atoms. The second-order valence-corrected chi connectivity index (χ2v) is 3.63. The van der Waals surface area contributed by atoms with Gasteiger partial charge in [-0.2, -0.15) is 13.2 Å². The normalized spacial score (nSPS) is 12.1. The Morgan fingerprint density at radius 2 is 2.00 bits per heavy atom. The van der Waals surface area contributed by atoms with Gasteiger partial charge in [0.15, 0.2) is 0 Å². The quantitative estimate of drug-likeness (QED) is 0.720. The molecule has 0 unspecified atom stereocenters. The molecule has 1 nitrogen and oxygen atoms in total. The summed E-state index contributed by atoms with van der Waals surface area (Å²) in [7, 11) is 1.38. The summed E-state index contributed by atoms with van der Waals surface area (Å²) >= 11 is 0. The van der Waals surface area contributed by atoms with Crippen LogP contribution in [0.4, 0.5) is 13.2 Å². The lowest BCUT2D eigenvalue weighted by Crippen LogP contribution is -2.06. The van der Waals surface area contributed by atoms with Crippen LogP contribution in [0.1, 0.15) is 24.5 Å². The van der Waals surface area contributed by atoms with Gasteiger partial charge in [0.05, 0.1) is 12.7 Å². The molecule has 0 aliphatic heterocycles. The Bertz CT molecular complexity index is 394. The fourth-order valence-corrected chi connectivity index (χ4v) is 1.53. The summed E-state index contributed by atoms with van der Waals surface area (Å²) in [6, 6.07) is 3.61. The summed E-state index contributed by atoms with van der Waals surface area (Å²) in [6.07, 6.45) is 1.02. The number of aryl methyl sites for hydroxylation is 1. The van der Waals surface area contributed by atoms with Crippen LogP contribution in [0.2, 0.25) is 0 Å². The average molecular weight is 244 g/mol. The number of hydrogen-bond donors (Lipinski definition) is 0. The molecule has 0 radical (unpaired) electrons. The van der Waals surface area contributed by atoms with Crippen LogP contribution in [0.3, 0.4) is 0 Å². The van der Waals surface area contributed by atoms with E-state index in [0.717, 1.165) is 24.1 Å². The number of rotatable bonds is 4. The molecule has 0 fully saturated rings. The van der Waals surface area contributed by atoms with Gasteiger partial charge in [-0.15, -0.1) is 0 Å². The number of benzene rings is 1. The molecular weight excluding hydrogens is 229 g/mol. The SMILES string of the molecule is C/C=C\CCc1ccc(C(F)(F)F)cc1OC. The van der Waals surface area contributed by atoms with Gasteiger partial charge < -0.3 is 4.74 Å². The number of halogens is 3. The third-order valence-electron chi connectivity index (χ3n) is 2.43. The first-order valence-electron chi connectivity index (χ1n) is 5.34. The van der Waals surface area contributed by atoms with E-state index in [1.807, 2.05) is 19.1 Å². The smallest absolute Gasteiger partial charge is 0.416 e. The van der Waals surface area contributed by atoms with Crippen LogP contribution in [-0.2, 0) is 12.6 Å². The summed E-state index contributed by atoms with van der Waals surface area (Å²) in [4.78, 5) is 0. The van der Waals surface area contributed by atoms with Crippen molar-refractivity contribution < 1.29 is 17.9 Å². The average Bonchev–Trinajstić information content (AvgIpc) is 2.28. The fraction of sp³-hybridized carbons (Fsp3) is 0.385. The van der Waals surface area contributed by atoms with Gasteiger partial charge >= 0.3 is 6.18 Å². The van der Waals surface area contributed by atoms with Crippen molar-refractivity contribution in [3.63, 3.8) is 0 Å². The molecule has 0 atom stereocenters. The van der Waals surface area contributed by atoms with Gasteiger partial charge in [0, 0.05) is 0 Å². The van der Waals surface area contributed by atoms with Gasteiger partial charge in [-0.1, -0.05) is 18.2 Å². The molecule has 0 saturated carbocycles. The molecule has 0 saturated heterocycles.